The summed E-state index contributed by atoms with van der Waals surface area (Å²) >= 11 is 5.91. The van der Waals surface area contributed by atoms with Gasteiger partial charge in [-0.05, 0) is 61.5 Å². The van der Waals surface area contributed by atoms with Gasteiger partial charge in [-0.25, -0.2) is 19.6 Å². The molecule has 36 heavy (non-hydrogen) atoms. The molecule has 3 aliphatic rings. The molecule has 8 nitrogen and oxygen atoms in total. The van der Waals surface area contributed by atoms with Gasteiger partial charge in [0, 0.05) is 44.4 Å². The minimum atomic E-state index is -1.26. The van der Waals surface area contributed by atoms with Gasteiger partial charge in [0.25, 0.3) is 0 Å². The minimum absolute atomic E-state index is 0.558. The molecule has 192 valence electrons. The van der Waals surface area contributed by atoms with Crippen LogP contribution in [-0.2, 0) is 9.59 Å². The Morgan fingerprint density at radius 2 is 1.47 bits per heavy atom. The van der Waals surface area contributed by atoms with Crippen LogP contribution in [0.25, 0.3) is 0 Å². The molecule has 2 aliphatic carbocycles. The molecule has 3 fully saturated rings. The van der Waals surface area contributed by atoms with Crippen LogP contribution in [0.3, 0.4) is 0 Å². The molecule has 0 spiro atoms. The molecular formula is C27H33ClN4O4. The van der Waals surface area contributed by atoms with E-state index in [4.69, 9.17) is 21.8 Å². The summed E-state index contributed by atoms with van der Waals surface area (Å²) in [5.41, 5.74) is 3.08. The average Bonchev–Trinajstić information content (AvgIpc) is 3.44. The highest BCUT2D eigenvalue weighted by Gasteiger charge is 2.44. The summed E-state index contributed by atoms with van der Waals surface area (Å²) in [7, 11) is 0. The Balaban J connectivity index is 0.000000331. The van der Waals surface area contributed by atoms with E-state index in [9.17, 15) is 9.59 Å². The van der Waals surface area contributed by atoms with Crippen molar-refractivity contribution in [1.29, 1.82) is 0 Å². The number of carboxylic acids is 2. The van der Waals surface area contributed by atoms with Gasteiger partial charge in [0.05, 0.1) is 17.4 Å². The number of hydrogen-bond acceptors (Lipinski definition) is 6. The lowest BCUT2D eigenvalue weighted by Gasteiger charge is -2.38. The van der Waals surface area contributed by atoms with E-state index < -0.39 is 11.9 Å². The van der Waals surface area contributed by atoms with Crippen LogP contribution in [0.4, 0.5) is 5.95 Å². The summed E-state index contributed by atoms with van der Waals surface area (Å²) < 4.78 is 0. The molecule has 0 amide bonds. The van der Waals surface area contributed by atoms with E-state index in [1.807, 2.05) is 0 Å². The van der Waals surface area contributed by atoms with Crippen LogP contribution in [-0.4, -0.2) is 69.2 Å². The summed E-state index contributed by atoms with van der Waals surface area (Å²) in [5, 5.41) is 16.2. The summed E-state index contributed by atoms with van der Waals surface area (Å²) in [6.07, 6.45) is 10.1. The molecule has 9 heteroatoms. The Morgan fingerprint density at radius 3 is 2.00 bits per heavy atom. The molecule has 2 atom stereocenters. The Bertz CT molecular complexity index is 1060. The van der Waals surface area contributed by atoms with E-state index in [2.05, 4.69) is 51.0 Å². The van der Waals surface area contributed by atoms with Gasteiger partial charge in [-0.15, -0.1) is 0 Å². The van der Waals surface area contributed by atoms with Gasteiger partial charge >= 0.3 is 11.9 Å². The zero-order chi connectivity index (χ0) is 25.7. The third kappa shape index (κ3) is 6.62. The minimum Gasteiger partial charge on any atom is -0.478 e. The maximum Gasteiger partial charge on any atom is 0.328 e. The van der Waals surface area contributed by atoms with Crippen molar-refractivity contribution >= 4 is 29.5 Å². The van der Waals surface area contributed by atoms with Crippen LogP contribution in [0, 0.1) is 18.8 Å². The monoisotopic (exact) mass is 512 g/mol. The Morgan fingerprint density at radius 1 is 0.917 bits per heavy atom. The van der Waals surface area contributed by atoms with E-state index in [1.165, 1.54) is 31.2 Å². The molecule has 0 radical (unpaired) electrons. The normalized spacial score (nSPS) is 25.9. The zero-order valence-corrected chi connectivity index (χ0v) is 21.2. The number of halogens is 1. The summed E-state index contributed by atoms with van der Waals surface area (Å²) in [5.74, 6) is 0.934. The standard InChI is InChI=1S/C23H29ClN4.C4H4O4/c1-16-4-2-3-5-22(16)19-10-17-12-21(13-18(17)11-19)27-6-8-28(9-7-27)23-25-14-20(24)15-26-23;5-3(6)1-2-4(7)8/h2-5,14-15,17-19,21H,6-13H2,1H3;1-2H,(H,5,6)(H,7,8)/b;2-1+. The molecule has 2 unspecified atom stereocenters. The predicted molar refractivity (Wildman–Crippen MR) is 138 cm³/mol. The number of aryl methyl sites for hydroxylation is 1. The Kier molecular flexibility index (Phi) is 8.59. The number of carboxylic acid groups (broad SMARTS) is 2. The van der Waals surface area contributed by atoms with Crippen LogP contribution in [0.1, 0.15) is 42.7 Å². The second-order valence-corrected chi connectivity index (χ2v) is 10.3. The van der Waals surface area contributed by atoms with Crippen molar-refractivity contribution in [3.8, 4) is 0 Å². The quantitative estimate of drug-likeness (QED) is 0.573. The number of piperazine rings is 1. The largest absolute Gasteiger partial charge is 0.478 e. The number of aliphatic carboxylic acids is 2. The highest BCUT2D eigenvalue weighted by molar-refractivity contribution is 6.30. The van der Waals surface area contributed by atoms with Crippen LogP contribution in [0.5, 0.6) is 0 Å². The fourth-order valence-corrected chi connectivity index (χ4v) is 6.18. The molecule has 1 saturated heterocycles. The van der Waals surface area contributed by atoms with Crippen LogP contribution in [0.2, 0.25) is 5.02 Å². The van der Waals surface area contributed by atoms with Crippen molar-refractivity contribution in [2.75, 3.05) is 31.1 Å². The second kappa shape index (κ2) is 11.8. The van der Waals surface area contributed by atoms with Crippen molar-refractivity contribution in [2.45, 2.75) is 44.6 Å². The van der Waals surface area contributed by atoms with Crippen LogP contribution in [0.15, 0.2) is 48.8 Å². The van der Waals surface area contributed by atoms with Gasteiger partial charge < -0.3 is 15.1 Å². The molecule has 2 saturated carbocycles. The van der Waals surface area contributed by atoms with E-state index in [0.29, 0.717) is 17.2 Å². The lowest BCUT2D eigenvalue weighted by molar-refractivity contribution is -0.134. The molecule has 2 aromatic rings. The van der Waals surface area contributed by atoms with Crippen molar-refractivity contribution in [3.63, 3.8) is 0 Å². The molecular weight excluding hydrogens is 480 g/mol. The smallest absolute Gasteiger partial charge is 0.328 e. The van der Waals surface area contributed by atoms with E-state index in [1.54, 1.807) is 18.0 Å². The number of rotatable bonds is 5. The van der Waals surface area contributed by atoms with Crippen molar-refractivity contribution in [2.24, 2.45) is 11.8 Å². The fourth-order valence-electron chi connectivity index (χ4n) is 6.08. The second-order valence-electron chi connectivity index (χ2n) is 9.90. The van der Waals surface area contributed by atoms with E-state index in [0.717, 1.165) is 55.9 Å². The maximum absolute atomic E-state index is 9.55. The SMILES string of the molecule is Cc1ccccc1C1CC2CC(N3CCN(c4ncc(Cl)cn4)CC3)CC2C1.O=C(O)/C=C/C(=O)O. The van der Waals surface area contributed by atoms with Gasteiger partial charge in [0.2, 0.25) is 5.95 Å². The zero-order valence-electron chi connectivity index (χ0n) is 20.5. The highest BCUT2D eigenvalue weighted by Crippen LogP contribution is 2.52. The first kappa shape index (κ1) is 26.1. The number of carbonyl (C=O) groups is 2. The Hall–Kier alpha value is -2.97. The molecule has 1 aliphatic heterocycles. The summed E-state index contributed by atoms with van der Waals surface area (Å²) in [6, 6.07) is 9.79. The van der Waals surface area contributed by atoms with Crippen molar-refractivity contribution in [1.82, 2.24) is 14.9 Å². The van der Waals surface area contributed by atoms with Crippen LogP contribution >= 0.6 is 11.6 Å². The van der Waals surface area contributed by atoms with E-state index >= 15 is 0 Å². The third-order valence-corrected chi connectivity index (χ3v) is 7.90. The Labute approximate surface area is 216 Å². The summed E-state index contributed by atoms with van der Waals surface area (Å²) in [6.45, 7) is 6.54. The first-order valence-electron chi connectivity index (χ1n) is 12.5. The van der Waals surface area contributed by atoms with Crippen molar-refractivity contribution in [3.05, 3.63) is 65.0 Å². The number of hydrogen-bond donors (Lipinski definition) is 2. The van der Waals surface area contributed by atoms with Gasteiger partial charge in [0.15, 0.2) is 0 Å². The molecule has 1 aromatic heterocycles. The molecule has 2 heterocycles. The number of fused-ring (bicyclic) bond motifs is 1. The molecule has 2 N–H and O–H groups in total. The first-order chi connectivity index (χ1) is 17.3. The van der Waals surface area contributed by atoms with Gasteiger partial charge in [-0.3, -0.25) is 4.90 Å². The number of anilines is 1. The molecule has 1 aromatic carbocycles. The third-order valence-electron chi connectivity index (χ3n) is 7.71. The molecule has 5 rings (SSSR count). The van der Waals surface area contributed by atoms with Gasteiger partial charge in [-0.1, -0.05) is 35.9 Å². The topological polar surface area (TPSA) is 107 Å². The highest BCUT2D eigenvalue weighted by atomic mass is 35.5. The molecule has 0 bridgehead atoms. The van der Waals surface area contributed by atoms with E-state index in [-0.39, 0.29) is 0 Å². The first-order valence-corrected chi connectivity index (χ1v) is 12.8. The number of aromatic nitrogens is 2. The fraction of sp³-hybridized carbons (Fsp3) is 0.481. The summed E-state index contributed by atoms with van der Waals surface area (Å²) in [4.78, 5) is 32.9. The van der Waals surface area contributed by atoms with Crippen molar-refractivity contribution < 1.29 is 19.8 Å². The van der Waals surface area contributed by atoms with Gasteiger partial charge in [0.1, 0.15) is 0 Å². The van der Waals surface area contributed by atoms with Crippen LogP contribution < -0.4 is 4.90 Å². The van der Waals surface area contributed by atoms with Gasteiger partial charge in [-0.2, -0.15) is 0 Å². The maximum atomic E-state index is 9.55. The predicted octanol–water partition coefficient (Wildman–Crippen LogP) is 4.24. The number of benzene rings is 1. The lowest BCUT2D eigenvalue weighted by atomic mass is 9.90. The number of nitrogens with zero attached hydrogens (tertiary/aromatic N) is 4. The average molecular weight is 513 g/mol. The lowest BCUT2D eigenvalue weighted by Crippen LogP contribution is -2.50.